The number of hydrogen-bond donors (Lipinski definition) is 2. The molecule has 2 rings (SSSR count). The lowest BCUT2D eigenvalue weighted by Crippen LogP contribution is -2.34. The van der Waals surface area contributed by atoms with Gasteiger partial charge in [0, 0.05) is 43.9 Å². The fourth-order valence-corrected chi connectivity index (χ4v) is 2.28. The van der Waals surface area contributed by atoms with E-state index in [9.17, 15) is 22.8 Å². The molecule has 144 valence electrons. The van der Waals surface area contributed by atoms with Gasteiger partial charge in [-0.3, -0.25) is 14.6 Å². The Kier molecular flexibility index (Phi) is 7.54. The van der Waals surface area contributed by atoms with Crippen molar-refractivity contribution >= 4 is 17.8 Å². The number of pyridine rings is 1. The number of nitrogens with one attached hydrogen (secondary N) is 1. The zero-order chi connectivity index (χ0) is 19.9. The van der Waals surface area contributed by atoms with Crippen molar-refractivity contribution in [3.63, 3.8) is 0 Å². The Bertz CT molecular complexity index is 635. The van der Waals surface area contributed by atoms with Gasteiger partial charge in [-0.05, 0) is 26.0 Å². The van der Waals surface area contributed by atoms with Crippen LogP contribution in [0.25, 0.3) is 0 Å². The van der Waals surface area contributed by atoms with Crippen molar-refractivity contribution in [2.45, 2.75) is 32.5 Å². The van der Waals surface area contributed by atoms with E-state index in [1.54, 1.807) is 18.3 Å². The molecule has 1 fully saturated rings. The van der Waals surface area contributed by atoms with Gasteiger partial charge >= 0.3 is 12.1 Å². The molecule has 0 spiro atoms. The van der Waals surface area contributed by atoms with Crippen LogP contribution >= 0.6 is 0 Å². The van der Waals surface area contributed by atoms with E-state index in [0.717, 1.165) is 6.54 Å². The van der Waals surface area contributed by atoms with Gasteiger partial charge in [-0.2, -0.15) is 13.2 Å². The van der Waals surface area contributed by atoms with E-state index in [2.05, 4.69) is 10.3 Å². The molecule has 0 bridgehead atoms. The van der Waals surface area contributed by atoms with Crippen LogP contribution in [0, 0.1) is 5.92 Å². The van der Waals surface area contributed by atoms with Crippen LogP contribution in [0.15, 0.2) is 24.5 Å². The van der Waals surface area contributed by atoms with Gasteiger partial charge in [-0.1, -0.05) is 0 Å². The normalized spacial score (nSPS) is 16.9. The number of amides is 2. The molecule has 2 heterocycles. The van der Waals surface area contributed by atoms with Crippen molar-refractivity contribution in [1.82, 2.24) is 15.2 Å². The highest BCUT2D eigenvalue weighted by Gasteiger charge is 2.38. The van der Waals surface area contributed by atoms with Crippen molar-refractivity contribution in [2.75, 3.05) is 13.1 Å². The van der Waals surface area contributed by atoms with Crippen molar-refractivity contribution in [3.8, 4) is 0 Å². The second-order valence-electron chi connectivity index (χ2n) is 5.96. The van der Waals surface area contributed by atoms with Gasteiger partial charge < -0.3 is 15.3 Å². The van der Waals surface area contributed by atoms with Crippen LogP contribution in [0.5, 0.6) is 0 Å². The third-order valence-corrected chi connectivity index (χ3v) is 3.58. The van der Waals surface area contributed by atoms with Crippen LogP contribution in [0.3, 0.4) is 0 Å². The SMILES string of the molecule is CC(C)N1CC(CNC(=O)c2cccnc2)CC1=O.O=C(O)C(F)(F)F. The summed E-state index contributed by atoms with van der Waals surface area (Å²) in [6.07, 6.45) is -1.39. The van der Waals surface area contributed by atoms with Gasteiger partial charge in [0.15, 0.2) is 0 Å². The molecule has 1 aromatic rings. The van der Waals surface area contributed by atoms with E-state index in [4.69, 9.17) is 9.90 Å². The second kappa shape index (κ2) is 9.16. The van der Waals surface area contributed by atoms with E-state index < -0.39 is 12.1 Å². The smallest absolute Gasteiger partial charge is 0.475 e. The summed E-state index contributed by atoms with van der Waals surface area (Å²) >= 11 is 0. The number of rotatable bonds is 4. The highest BCUT2D eigenvalue weighted by molar-refractivity contribution is 5.93. The van der Waals surface area contributed by atoms with Crippen molar-refractivity contribution < 1.29 is 32.7 Å². The molecule has 1 saturated heterocycles. The number of nitrogens with zero attached hydrogens (tertiary/aromatic N) is 2. The first kappa shape index (κ1) is 21.4. The predicted octanol–water partition coefficient (Wildman–Crippen LogP) is 1.70. The van der Waals surface area contributed by atoms with Crippen molar-refractivity contribution in [2.24, 2.45) is 5.92 Å². The second-order valence-corrected chi connectivity index (χ2v) is 5.96. The number of aromatic nitrogens is 1. The molecule has 1 unspecified atom stereocenters. The number of aliphatic carboxylic acids is 1. The van der Waals surface area contributed by atoms with E-state index in [0.29, 0.717) is 18.5 Å². The molecule has 0 aromatic carbocycles. The minimum atomic E-state index is -5.08. The molecule has 7 nitrogen and oxygen atoms in total. The van der Waals surface area contributed by atoms with Gasteiger partial charge in [-0.25, -0.2) is 4.79 Å². The van der Waals surface area contributed by atoms with Crippen molar-refractivity contribution in [3.05, 3.63) is 30.1 Å². The first-order valence-corrected chi connectivity index (χ1v) is 7.80. The number of carbonyl (C=O) groups excluding carboxylic acids is 2. The van der Waals surface area contributed by atoms with Gasteiger partial charge in [0.05, 0.1) is 5.56 Å². The van der Waals surface area contributed by atoms with Gasteiger partial charge in [0.25, 0.3) is 5.91 Å². The topological polar surface area (TPSA) is 99.6 Å². The third-order valence-electron chi connectivity index (χ3n) is 3.58. The summed E-state index contributed by atoms with van der Waals surface area (Å²) in [5.74, 6) is -2.51. The Morgan fingerprint density at radius 1 is 1.42 bits per heavy atom. The Morgan fingerprint density at radius 3 is 2.46 bits per heavy atom. The molecule has 10 heteroatoms. The van der Waals surface area contributed by atoms with E-state index in [-0.39, 0.29) is 23.8 Å². The minimum Gasteiger partial charge on any atom is -0.475 e. The largest absolute Gasteiger partial charge is 0.490 e. The molecule has 1 atom stereocenters. The summed E-state index contributed by atoms with van der Waals surface area (Å²) in [7, 11) is 0. The maximum Gasteiger partial charge on any atom is 0.490 e. The molecule has 2 N–H and O–H groups in total. The molecular formula is C16H20F3N3O4. The number of carboxylic acid groups (broad SMARTS) is 1. The number of carboxylic acids is 1. The summed E-state index contributed by atoms with van der Waals surface area (Å²) in [4.78, 5) is 38.3. The Labute approximate surface area is 148 Å². The number of carbonyl (C=O) groups is 3. The summed E-state index contributed by atoms with van der Waals surface area (Å²) in [6, 6.07) is 3.68. The minimum absolute atomic E-state index is 0.136. The summed E-state index contributed by atoms with van der Waals surface area (Å²) in [6.45, 7) is 5.27. The van der Waals surface area contributed by atoms with Crippen LogP contribution in [-0.4, -0.2) is 58.1 Å². The van der Waals surface area contributed by atoms with E-state index >= 15 is 0 Å². The summed E-state index contributed by atoms with van der Waals surface area (Å²) in [5.41, 5.74) is 0.549. The van der Waals surface area contributed by atoms with Crippen molar-refractivity contribution in [1.29, 1.82) is 0 Å². The highest BCUT2D eigenvalue weighted by Crippen LogP contribution is 2.19. The lowest BCUT2D eigenvalue weighted by atomic mass is 10.1. The third kappa shape index (κ3) is 6.69. The van der Waals surface area contributed by atoms with Gasteiger partial charge in [0.1, 0.15) is 0 Å². The molecule has 0 radical (unpaired) electrons. The summed E-state index contributed by atoms with van der Waals surface area (Å²) in [5, 5.41) is 9.99. The Balaban J connectivity index is 0.000000412. The average Bonchev–Trinajstić information content (AvgIpc) is 2.94. The summed E-state index contributed by atoms with van der Waals surface area (Å²) < 4.78 is 31.7. The van der Waals surface area contributed by atoms with Gasteiger partial charge in [-0.15, -0.1) is 0 Å². The first-order valence-electron chi connectivity index (χ1n) is 7.80. The number of hydrogen-bond acceptors (Lipinski definition) is 4. The Morgan fingerprint density at radius 2 is 2.04 bits per heavy atom. The zero-order valence-corrected chi connectivity index (χ0v) is 14.3. The quantitative estimate of drug-likeness (QED) is 0.835. The highest BCUT2D eigenvalue weighted by atomic mass is 19.4. The number of likely N-dealkylation sites (tertiary alicyclic amines) is 1. The molecule has 26 heavy (non-hydrogen) atoms. The molecule has 1 aromatic heterocycles. The van der Waals surface area contributed by atoms with Crippen LogP contribution in [0.1, 0.15) is 30.6 Å². The molecule has 1 aliphatic heterocycles. The standard InChI is InChI=1S/C14H19N3O2.C2HF3O2/c1-10(2)17-9-11(6-13(17)18)7-16-14(19)12-4-3-5-15-8-12;3-2(4,5)1(6)7/h3-5,8,10-11H,6-7,9H2,1-2H3,(H,16,19);(H,6,7). The molecule has 1 aliphatic rings. The monoisotopic (exact) mass is 375 g/mol. The first-order chi connectivity index (χ1) is 12.0. The zero-order valence-electron chi connectivity index (χ0n) is 14.3. The average molecular weight is 375 g/mol. The lowest BCUT2D eigenvalue weighted by Gasteiger charge is -2.21. The number of alkyl halides is 3. The number of halogens is 3. The van der Waals surface area contributed by atoms with Crippen LogP contribution in [-0.2, 0) is 9.59 Å². The fourth-order valence-electron chi connectivity index (χ4n) is 2.28. The maximum absolute atomic E-state index is 11.8. The van der Waals surface area contributed by atoms with E-state index in [1.807, 2.05) is 18.7 Å². The lowest BCUT2D eigenvalue weighted by molar-refractivity contribution is -0.192. The maximum atomic E-state index is 11.8. The molecular weight excluding hydrogens is 355 g/mol. The van der Waals surface area contributed by atoms with Crippen LogP contribution in [0.4, 0.5) is 13.2 Å². The van der Waals surface area contributed by atoms with Gasteiger partial charge in [0.2, 0.25) is 5.91 Å². The molecule has 0 aliphatic carbocycles. The predicted molar refractivity (Wildman–Crippen MR) is 85.2 cm³/mol. The molecule has 2 amide bonds. The van der Waals surface area contributed by atoms with E-state index in [1.165, 1.54) is 6.20 Å². The Hall–Kier alpha value is -2.65. The van der Waals surface area contributed by atoms with Crippen LogP contribution in [0.2, 0.25) is 0 Å². The van der Waals surface area contributed by atoms with Crippen LogP contribution < -0.4 is 5.32 Å². The fraction of sp³-hybridized carbons (Fsp3) is 0.500. The molecule has 0 saturated carbocycles.